The van der Waals surface area contributed by atoms with Crippen LogP contribution >= 0.6 is 24.0 Å². The van der Waals surface area contributed by atoms with Gasteiger partial charge in [-0.05, 0) is 42.0 Å². The van der Waals surface area contributed by atoms with Crippen LogP contribution in [-0.4, -0.2) is 58.9 Å². The number of halogens is 4. The minimum atomic E-state index is -4.34. The number of aromatic nitrogens is 3. The van der Waals surface area contributed by atoms with Crippen molar-refractivity contribution in [3.05, 3.63) is 72.2 Å². The number of anilines is 1. The predicted octanol–water partition coefficient (Wildman–Crippen LogP) is 3.80. The summed E-state index contributed by atoms with van der Waals surface area (Å²) >= 11 is 0. The summed E-state index contributed by atoms with van der Waals surface area (Å²) in [5.41, 5.74) is 1.00. The lowest BCUT2D eigenvalue weighted by Gasteiger charge is -2.37. The molecule has 0 bridgehead atoms. The topological polar surface area (TPSA) is 61.6 Å². The van der Waals surface area contributed by atoms with E-state index in [4.69, 9.17) is 0 Å². The van der Waals surface area contributed by atoms with E-state index >= 15 is 0 Å². The van der Waals surface area contributed by atoms with Gasteiger partial charge in [0.25, 0.3) is 0 Å². The molecular formula is C22H25F3IN7. The van der Waals surface area contributed by atoms with Gasteiger partial charge >= 0.3 is 6.18 Å². The molecule has 1 N–H and O–H groups in total. The van der Waals surface area contributed by atoms with Crippen LogP contribution in [0.15, 0.2) is 66.0 Å². The first kappa shape index (κ1) is 24.8. The molecule has 1 saturated heterocycles. The van der Waals surface area contributed by atoms with Gasteiger partial charge in [-0.1, -0.05) is 6.07 Å². The van der Waals surface area contributed by atoms with E-state index in [9.17, 15) is 13.2 Å². The predicted molar refractivity (Wildman–Crippen MR) is 132 cm³/mol. The number of alkyl halides is 3. The molecule has 0 aliphatic carbocycles. The van der Waals surface area contributed by atoms with Gasteiger partial charge in [0, 0.05) is 64.0 Å². The van der Waals surface area contributed by atoms with Crippen LogP contribution in [0.1, 0.15) is 11.1 Å². The summed E-state index contributed by atoms with van der Waals surface area (Å²) < 4.78 is 40.8. The van der Waals surface area contributed by atoms with Crippen molar-refractivity contribution in [3.63, 3.8) is 0 Å². The van der Waals surface area contributed by atoms with Crippen molar-refractivity contribution >= 4 is 35.6 Å². The van der Waals surface area contributed by atoms with E-state index < -0.39 is 11.7 Å². The summed E-state index contributed by atoms with van der Waals surface area (Å²) in [5, 5.41) is 7.56. The fourth-order valence-corrected chi connectivity index (χ4v) is 3.67. The lowest BCUT2D eigenvalue weighted by molar-refractivity contribution is -0.137. The molecule has 3 heterocycles. The van der Waals surface area contributed by atoms with Gasteiger partial charge in [0.2, 0.25) is 0 Å². The fraction of sp³-hybridized carbons (Fsp3) is 0.318. The molecule has 0 atom stereocenters. The third-order valence-electron chi connectivity index (χ3n) is 5.33. The summed E-state index contributed by atoms with van der Waals surface area (Å²) in [7, 11) is 1.73. The summed E-state index contributed by atoms with van der Waals surface area (Å²) in [6, 6.07) is 11.2. The Kier molecular flexibility index (Phi) is 8.16. The van der Waals surface area contributed by atoms with E-state index in [1.807, 2.05) is 29.3 Å². The molecule has 0 unspecified atom stereocenters. The highest BCUT2D eigenvalue weighted by Gasteiger charge is 2.31. The fourth-order valence-electron chi connectivity index (χ4n) is 3.67. The third kappa shape index (κ3) is 6.15. The van der Waals surface area contributed by atoms with Crippen LogP contribution in [-0.2, 0) is 12.7 Å². The van der Waals surface area contributed by atoms with Crippen LogP contribution in [0, 0.1) is 0 Å². The third-order valence-corrected chi connectivity index (χ3v) is 5.33. The maximum Gasteiger partial charge on any atom is 0.416 e. The number of pyridine rings is 1. The van der Waals surface area contributed by atoms with Gasteiger partial charge < -0.3 is 15.1 Å². The number of piperazine rings is 1. The van der Waals surface area contributed by atoms with Gasteiger partial charge in [-0.3, -0.25) is 4.99 Å². The van der Waals surface area contributed by atoms with Gasteiger partial charge in [0.1, 0.15) is 0 Å². The Hall–Kier alpha value is -2.83. The molecule has 11 heteroatoms. The van der Waals surface area contributed by atoms with Crippen molar-refractivity contribution in [2.24, 2.45) is 4.99 Å². The number of nitrogens with one attached hydrogen (secondary N) is 1. The molecule has 0 amide bonds. The quantitative estimate of drug-likeness (QED) is 0.294. The van der Waals surface area contributed by atoms with E-state index in [0.717, 1.165) is 23.4 Å². The van der Waals surface area contributed by atoms with E-state index in [1.165, 1.54) is 12.1 Å². The second-order valence-electron chi connectivity index (χ2n) is 7.40. The van der Waals surface area contributed by atoms with Crippen molar-refractivity contribution in [1.82, 2.24) is 25.0 Å². The minimum Gasteiger partial charge on any atom is -0.368 e. The summed E-state index contributed by atoms with van der Waals surface area (Å²) in [6.45, 7) is 3.11. The van der Waals surface area contributed by atoms with Crippen molar-refractivity contribution < 1.29 is 13.2 Å². The van der Waals surface area contributed by atoms with Gasteiger partial charge in [0.05, 0.1) is 5.56 Å². The maximum atomic E-state index is 13.0. The molecule has 176 valence electrons. The lowest BCUT2D eigenvalue weighted by atomic mass is 10.1. The van der Waals surface area contributed by atoms with Crippen molar-refractivity contribution in [1.29, 1.82) is 0 Å². The Morgan fingerprint density at radius 2 is 1.85 bits per heavy atom. The molecule has 0 spiro atoms. The SMILES string of the molecule is CN=C(NCc1ccnc(-n2cccn2)c1)N1CCN(c2cccc(C(F)(F)F)c2)CC1.I. The average molecular weight is 571 g/mol. The number of aliphatic imine (C=N–C) groups is 1. The van der Waals surface area contributed by atoms with Crippen LogP contribution < -0.4 is 10.2 Å². The number of hydrogen-bond donors (Lipinski definition) is 1. The largest absolute Gasteiger partial charge is 0.416 e. The first-order valence-corrected chi connectivity index (χ1v) is 10.3. The summed E-state index contributed by atoms with van der Waals surface area (Å²) in [6.07, 6.45) is 0.939. The summed E-state index contributed by atoms with van der Waals surface area (Å²) in [4.78, 5) is 12.8. The molecule has 4 rings (SSSR count). The van der Waals surface area contributed by atoms with Crippen LogP contribution in [0.4, 0.5) is 18.9 Å². The second-order valence-corrected chi connectivity index (χ2v) is 7.40. The van der Waals surface area contributed by atoms with E-state index in [0.29, 0.717) is 38.4 Å². The first-order valence-electron chi connectivity index (χ1n) is 10.3. The minimum absolute atomic E-state index is 0. The standard InChI is InChI=1S/C22H24F3N7.HI/c1-26-21(28-16-17-6-8-27-20(14-17)32-9-3-7-29-32)31-12-10-30(11-13-31)19-5-2-4-18(15-19)22(23,24)25;/h2-9,14-15H,10-13,16H2,1H3,(H,26,28);1H. The lowest BCUT2D eigenvalue weighted by Crippen LogP contribution is -2.52. The molecule has 33 heavy (non-hydrogen) atoms. The Morgan fingerprint density at radius 3 is 2.52 bits per heavy atom. The number of hydrogen-bond acceptors (Lipinski definition) is 4. The number of benzene rings is 1. The first-order chi connectivity index (χ1) is 15.4. The van der Waals surface area contributed by atoms with Crippen LogP contribution in [0.5, 0.6) is 0 Å². The second kappa shape index (κ2) is 10.9. The highest BCUT2D eigenvalue weighted by molar-refractivity contribution is 14.0. The maximum absolute atomic E-state index is 13.0. The Morgan fingerprint density at radius 1 is 1.06 bits per heavy atom. The average Bonchev–Trinajstić information content (AvgIpc) is 3.35. The molecule has 2 aromatic heterocycles. The zero-order valence-electron chi connectivity index (χ0n) is 18.0. The molecule has 1 aliphatic heterocycles. The highest BCUT2D eigenvalue weighted by atomic mass is 127. The molecule has 3 aromatic rings. The summed E-state index contributed by atoms with van der Waals surface area (Å²) in [5.74, 6) is 1.49. The van der Waals surface area contributed by atoms with Gasteiger partial charge in [-0.2, -0.15) is 18.3 Å². The zero-order valence-corrected chi connectivity index (χ0v) is 20.4. The molecule has 1 fully saturated rings. The highest BCUT2D eigenvalue weighted by Crippen LogP contribution is 2.31. The number of rotatable bonds is 4. The molecule has 7 nitrogen and oxygen atoms in total. The molecule has 0 radical (unpaired) electrons. The van der Waals surface area contributed by atoms with Crippen molar-refractivity contribution in [2.75, 3.05) is 38.1 Å². The Labute approximate surface area is 207 Å². The monoisotopic (exact) mass is 571 g/mol. The van der Waals surface area contributed by atoms with Crippen molar-refractivity contribution in [2.45, 2.75) is 12.7 Å². The zero-order chi connectivity index (χ0) is 22.6. The molecule has 0 saturated carbocycles. The smallest absolute Gasteiger partial charge is 0.368 e. The van der Waals surface area contributed by atoms with E-state index in [2.05, 4.69) is 25.3 Å². The van der Waals surface area contributed by atoms with Gasteiger partial charge in [-0.15, -0.1) is 24.0 Å². The molecule has 1 aliphatic rings. The van der Waals surface area contributed by atoms with Gasteiger partial charge in [-0.25, -0.2) is 9.67 Å². The van der Waals surface area contributed by atoms with E-state index in [1.54, 1.807) is 30.2 Å². The number of guanidine groups is 1. The Balaban J connectivity index is 0.00000306. The van der Waals surface area contributed by atoms with Crippen LogP contribution in [0.25, 0.3) is 5.82 Å². The number of nitrogens with zero attached hydrogens (tertiary/aromatic N) is 6. The molecular weight excluding hydrogens is 546 g/mol. The molecule has 1 aromatic carbocycles. The van der Waals surface area contributed by atoms with Crippen molar-refractivity contribution in [3.8, 4) is 5.82 Å². The van der Waals surface area contributed by atoms with Crippen LogP contribution in [0.2, 0.25) is 0 Å². The van der Waals surface area contributed by atoms with Crippen LogP contribution in [0.3, 0.4) is 0 Å². The normalized spacial score (nSPS) is 14.7. The Bertz CT molecular complexity index is 1060. The van der Waals surface area contributed by atoms with Gasteiger partial charge in [0.15, 0.2) is 11.8 Å². The van der Waals surface area contributed by atoms with E-state index in [-0.39, 0.29) is 24.0 Å².